The van der Waals surface area contributed by atoms with E-state index in [1.165, 1.54) is 0 Å². The van der Waals surface area contributed by atoms with Gasteiger partial charge in [0.25, 0.3) is 11.3 Å². The second kappa shape index (κ2) is 4.95. The molecule has 0 N–H and O–H groups in total. The van der Waals surface area contributed by atoms with E-state index in [0.29, 0.717) is 0 Å². The number of halogens is 14. The highest BCUT2D eigenvalue weighted by atomic mass is 19.3. The molecule has 0 atom stereocenters. The molecule has 30 heavy (non-hydrogen) atoms. The fourth-order valence-electron chi connectivity index (χ4n) is 4.60. The number of hydrogen-bond donors (Lipinski definition) is 0. The van der Waals surface area contributed by atoms with E-state index in [4.69, 9.17) is 0 Å². The monoisotopic (exact) mass is 474 g/mol. The summed E-state index contributed by atoms with van der Waals surface area (Å²) >= 11 is 0. The number of rotatable bonds is 4. The Hall–Kier alpha value is -1.48. The first-order valence-corrected chi connectivity index (χ1v) is 7.57. The average molecular weight is 474 g/mol. The molecule has 16 heteroatoms. The van der Waals surface area contributed by atoms with Gasteiger partial charge >= 0.3 is 41.0 Å². The van der Waals surface area contributed by atoms with Crippen molar-refractivity contribution >= 4 is 0 Å². The van der Waals surface area contributed by atoms with E-state index in [9.17, 15) is 52.7 Å². The highest BCUT2D eigenvalue weighted by molar-refractivity contribution is 5.55. The van der Waals surface area contributed by atoms with Gasteiger partial charge in [-0.3, -0.25) is 0 Å². The van der Waals surface area contributed by atoms with E-state index < -0.39 is 71.6 Å². The lowest BCUT2D eigenvalue weighted by Gasteiger charge is -2.75. The topological polar surface area (TPSA) is 18.5 Å². The zero-order chi connectivity index (χ0) is 23.8. The minimum atomic E-state index is -7.69. The molecule has 4 aliphatic carbocycles. The Morgan fingerprint density at radius 2 is 0.833 bits per heavy atom. The molecule has 4 saturated carbocycles. The normalized spacial score (nSPS) is 50.9. The Bertz CT molecular complexity index is 718. The molecule has 0 aromatic rings. The summed E-state index contributed by atoms with van der Waals surface area (Å²) in [7, 11) is 0. The van der Waals surface area contributed by atoms with Crippen LogP contribution in [-0.2, 0) is 9.47 Å². The van der Waals surface area contributed by atoms with Crippen molar-refractivity contribution in [3.05, 3.63) is 12.8 Å². The minimum Gasteiger partial charge on any atom is -0.476 e. The molecule has 4 fully saturated rings. The molecule has 174 valence electrons. The Morgan fingerprint density at radius 1 is 0.567 bits per heavy atom. The van der Waals surface area contributed by atoms with Crippen LogP contribution in [-0.4, -0.2) is 64.7 Å². The van der Waals surface area contributed by atoms with Gasteiger partial charge in [-0.1, -0.05) is 6.58 Å². The number of hydrogen-bond acceptors (Lipinski definition) is 2. The quantitative estimate of drug-likeness (QED) is 0.249. The fraction of sp³-hybridized carbons (Fsp3) is 0.857. The largest absolute Gasteiger partial charge is 0.476 e. The maximum atomic E-state index is 15.3. The average Bonchev–Trinajstić information content (AvgIpc) is 2.60. The highest BCUT2D eigenvalue weighted by Crippen LogP contribution is 2.88. The first-order chi connectivity index (χ1) is 13.1. The first kappa shape index (κ1) is 23.2. The molecule has 2 nitrogen and oxygen atoms in total. The van der Waals surface area contributed by atoms with E-state index in [2.05, 4.69) is 16.1 Å². The predicted molar refractivity (Wildman–Crippen MR) is 65.7 cm³/mol. The van der Waals surface area contributed by atoms with Crippen molar-refractivity contribution in [1.29, 1.82) is 0 Å². The lowest BCUT2D eigenvalue weighted by atomic mass is 9.37. The maximum absolute atomic E-state index is 15.3. The van der Waals surface area contributed by atoms with Crippen molar-refractivity contribution in [3.63, 3.8) is 0 Å². The van der Waals surface area contributed by atoms with Crippen LogP contribution in [0.25, 0.3) is 0 Å². The summed E-state index contributed by atoms with van der Waals surface area (Å²) < 4.78 is 211. The Balaban J connectivity index is 2.59. The summed E-state index contributed by atoms with van der Waals surface area (Å²) in [6, 6.07) is 0. The van der Waals surface area contributed by atoms with E-state index >= 15 is 8.78 Å². The van der Waals surface area contributed by atoms with Gasteiger partial charge in [0.2, 0.25) is 0 Å². The van der Waals surface area contributed by atoms with Gasteiger partial charge in [-0.05, 0) is 6.92 Å². The molecule has 0 radical (unpaired) electrons. The molecular formula is C14H8F14O2. The summed E-state index contributed by atoms with van der Waals surface area (Å²) in [5, 5.41) is 0. The summed E-state index contributed by atoms with van der Waals surface area (Å²) in [6.45, 7) is -0.0910. The lowest BCUT2D eigenvalue weighted by Crippen LogP contribution is -3.09. The Kier molecular flexibility index (Phi) is 3.83. The maximum Gasteiger partial charge on any atom is 0.339 e. The van der Waals surface area contributed by atoms with Gasteiger partial charge in [-0.25, -0.2) is 17.6 Å². The lowest BCUT2D eigenvalue weighted by molar-refractivity contribution is -0.602. The first-order valence-electron chi connectivity index (χ1n) is 7.57. The summed E-state index contributed by atoms with van der Waals surface area (Å²) in [5.41, 5.74) is -34.2. The zero-order valence-electron chi connectivity index (χ0n) is 14.1. The van der Waals surface area contributed by atoms with E-state index in [1.807, 2.05) is 0 Å². The van der Waals surface area contributed by atoms with Crippen LogP contribution in [0.3, 0.4) is 0 Å². The third-order valence-electron chi connectivity index (χ3n) is 6.17. The molecule has 0 aromatic carbocycles. The molecule has 4 rings (SSSR count). The van der Waals surface area contributed by atoms with Crippen LogP contribution in [0.5, 0.6) is 0 Å². The smallest absolute Gasteiger partial charge is 0.339 e. The second-order valence-electron chi connectivity index (χ2n) is 7.13. The summed E-state index contributed by atoms with van der Waals surface area (Å²) in [5.74, 6) is -37.2. The van der Waals surface area contributed by atoms with Gasteiger partial charge in [0.1, 0.15) is 0 Å². The van der Waals surface area contributed by atoms with Crippen LogP contribution in [0.4, 0.5) is 61.5 Å². The molecule has 0 aliphatic heterocycles. The molecule has 0 saturated heterocycles. The van der Waals surface area contributed by atoms with Gasteiger partial charge in [0.05, 0.1) is 6.26 Å². The Morgan fingerprint density at radius 3 is 1.10 bits per heavy atom. The van der Waals surface area contributed by atoms with Gasteiger partial charge in [0, 0.05) is 0 Å². The third kappa shape index (κ3) is 1.36. The summed E-state index contributed by atoms with van der Waals surface area (Å²) in [4.78, 5) is 0. The van der Waals surface area contributed by atoms with Crippen molar-refractivity contribution in [1.82, 2.24) is 0 Å². The van der Waals surface area contributed by atoms with Gasteiger partial charge < -0.3 is 9.47 Å². The van der Waals surface area contributed by atoms with Crippen LogP contribution in [0.1, 0.15) is 6.92 Å². The highest BCUT2D eigenvalue weighted by Gasteiger charge is 3.21. The molecule has 0 unspecified atom stereocenters. The van der Waals surface area contributed by atoms with Gasteiger partial charge in [-0.15, -0.1) is 0 Å². The van der Waals surface area contributed by atoms with Crippen molar-refractivity contribution in [2.45, 2.75) is 64.8 Å². The minimum absolute atomic E-state index is 0.239. The van der Waals surface area contributed by atoms with Crippen molar-refractivity contribution in [2.75, 3.05) is 6.79 Å². The predicted octanol–water partition coefficient (Wildman–Crippen LogP) is 4.93. The molecular weight excluding hydrogens is 466 g/mol. The molecule has 4 bridgehead atoms. The van der Waals surface area contributed by atoms with Crippen LogP contribution in [0, 0.1) is 0 Å². The summed E-state index contributed by atoms with van der Waals surface area (Å²) in [6.07, 6.45) is 0.239. The SMILES string of the molecule is C=COCOC1(C)C2(F)C(F)(F)C3(F)C(F)(F)C(F)(C2(F)F)C(F)(F)C1(F)C3(F)F. The molecule has 0 aromatic heterocycles. The van der Waals surface area contributed by atoms with Crippen LogP contribution >= 0.6 is 0 Å². The van der Waals surface area contributed by atoms with Crippen LogP contribution in [0.15, 0.2) is 12.8 Å². The Labute approximate surface area is 156 Å². The molecule has 0 amide bonds. The van der Waals surface area contributed by atoms with Crippen molar-refractivity contribution < 1.29 is 70.9 Å². The molecule has 0 heterocycles. The standard InChI is InChI=1S/C14H8F14O2/c1-3-29-4-30-5(2)6(15)10(19,20)8(17)12(23,24)7(5,16)13(25,26)9(18,11(6,21)22)14(8,27)28/h3H,1,4H2,2H3. The van der Waals surface area contributed by atoms with E-state index in [0.717, 1.165) is 0 Å². The number of alkyl halides is 14. The fourth-order valence-corrected chi connectivity index (χ4v) is 4.60. The van der Waals surface area contributed by atoms with Gasteiger partial charge in [-0.2, -0.15) is 43.9 Å². The number of ether oxygens (including phenoxy) is 2. The van der Waals surface area contributed by atoms with E-state index in [1.54, 1.807) is 0 Å². The van der Waals surface area contributed by atoms with Crippen LogP contribution in [0.2, 0.25) is 0 Å². The molecule has 4 aliphatic rings. The van der Waals surface area contributed by atoms with Crippen LogP contribution < -0.4 is 0 Å². The zero-order valence-corrected chi connectivity index (χ0v) is 14.1. The second-order valence-corrected chi connectivity index (χ2v) is 7.13. The van der Waals surface area contributed by atoms with Crippen molar-refractivity contribution in [3.8, 4) is 0 Å². The van der Waals surface area contributed by atoms with Crippen molar-refractivity contribution in [2.24, 2.45) is 0 Å². The van der Waals surface area contributed by atoms with E-state index in [-0.39, 0.29) is 6.26 Å². The van der Waals surface area contributed by atoms with Gasteiger partial charge in [0.15, 0.2) is 12.4 Å². The third-order valence-corrected chi connectivity index (χ3v) is 6.17. The molecule has 0 spiro atoms.